The molecule has 0 saturated heterocycles. The lowest BCUT2D eigenvalue weighted by atomic mass is 11.0. The van der Waals surface area contributed by atoms with E-state index in [1.165, 1.54) is 0 Å². The fraction of sp³-hybridized carbons (Fsp3) is 0. The summed E-state index contributed by atoms with van der Waals surface area (Å²) in [6.07, 6.45) is 3.17. The Morgan fingerprint density at radius 3 is 1.83 bits per heavy atom. The zero-order chi connectivity index (χ0) is 3.54. The van der Waals surface area contributed by atoms with Gasteiger partial charge in [-0.2, -0.15) is 15.4 Å². The molecular weight excluding hydrogens is 193 g/mol. The monoisotopic (exact) mass is 196 g/mol. The minimum absolute atomic E-state index is 0. The standard InChI is InChI=1S/C2H3N3.HI/c1-2-4-5-3-1;/h1-2H,(H,3,4,5);1H/p-1. The minimum Gasteiger partial charge on any atom is -1.00 e. The van der Waals surface area contributed by atoms with Crippen LogP contribution < -0.4 is 24.0 Å². The Hall–Kier alpha value is -0.130. The summed E-state index contributed by atoms with van der Waals surface area (Å²) >= 11 is 0. The molecule has 1 heterocycles. The number of hydrogen-bond acceptors (Lipinski definition) is 2. The molecule has 34 valence electrons. The number of nitrogens with one attached hydrogen (secondary N) is 1. The minimum atomic E-state index is 0. The van der Waals surface area contributed by atoms with E-state index in [0.717, 1.165) is 0 Å². The molecule has 0 unspecified atom stereocenters. The molecule has 0 atom stereocenters. The zero-order valence-electron chi connectivity index (χ0n) is 2.93. The van der Waals surface area contributed by atoms with Gasteiger partial charge in [0.2, 0.25) is 0 Å². The second kappa shape index (κ2) is 3.08. The Morgan fingerprint density at radius 2 is 1.67 bits per heavy atom. The van der Waals surface area contributed by atoms with E-state index in [0.29, 0.717) is 0 Å². The molecule has 0 bridgehead atoms. The second-order valence-corrected chi connectivity index (χ2v) is 0.656. The van der Waals surface area contributed by atoms with Crippen molar-refractivity contribution in [3.63, 3.8) is 0 Å². The van der Waals surface area contributed by atoms with Crippen molar-refractivity contribution in [2.75, 3.05) is 0 Å². The van der Waals surface area contributed by atoms with Gasteiger partial charge in [-0.3, -0.25) is 0 Å². The summed E-state index contributed by atoms with van der Waals surface area (Å²) in [5.74, 6) is 0. The van der Waals surface area contributed by atoms with E-state index in [1.54, 1.807) is 12.4 Å². The van der Waals surface area contributed by atoms with Crippen molar-refractivity contribution in [3.8, 4) is 0 Å². The van der Waals surface area contributed by atoms with Gasteiger partial charge in [-0.15, -0.1) is 0 Å². The van der Waals surface area contributed by atoms with Crippen LogP contribution in [0.4, 0.5) is 0 Å². The second-order valence-electron chi connectivity index (χ2n) is 0.656. The van der Waals surface area contributed by atoms with Crippen molar-refractivity contribution >= 4 is 0 Å². The predicted octanol–water partition coefficient (Wildman–Crippen LogP) is -3.19. The summed E-state index contributed by atoms with van der Waals surface area (Å²) in [6, 6.07) is 0. The smallest absolute Gasteiger partial charge is 0.0690 e. The first-order valence-corrected chi connectivity index (χ1v) is 1.30. The molecule has 0 radical (unpaired) electrons. The Kier molecular flexibility index (Phi) is 3.01. The van der Waals surface area contributed by atoms with Gasteiger partial charge in [0.25, 0.3) is 0 Å². The quantitative estimate of drug-likeness (QED) is 0.444. The van der Waals surface area contributed by atoms with Gasteiger partial charge in [-0.25, -0.2) is 0 Å². The molecule has 0 aromatic carbocycles. The first-order chi connectivity index (χ1) is 2.50. The number of aromatic nitrogens is 3. The summed E-state index contributed by atoms with van der Waals surface area (Å²) in [5.41, 5.74) is 0. The van der Waals surface area contributed by atoms with Crippen LogP contribution in [0.25, 0.3) is 0 Å². The molecular formula is C2H3IN3-. The van der Waals surface area contributed by atoms with Gasteiger partial charge in [-0.05, 0) is 0 Å². The predicted molar refractivity (Wildman–Crippen MR) is 16.4 cm³/mol. The number of H-pyrrole nitrogens is 1. The molecule has 1 aromatic rings. The van der Waals surface area contributed by atoms with Gasteiger partial charge >= 0.3 is 0 Å². The van der Waals surface area contributed by atoms with Gasteiger partial charge in [0.05, 0.1) is 12.4 Å². The summed E-state index contributed by atoms with van der Waals surface area (Å²) in [6.45, 7) is 0. The SMILES string of the molecule is [I-].c1cn[nH]n1. The van der Waals surface area contributed by atoms with Gasteiger partial charge in [-0.1, -0.05) is 0 Å². The van der Waals surface area contributed by atoms with Gasteiger partial charge < -0.3 is 24.0 Å². The maximum Gasteiger partial charge on any atom is 0.0690 e. The number of aromatic amines is 1. The lowest BCUT2D eigenvalue weighted by Gasteiger charge is -1.48. The van der Waals surface area contributed by atoms with Crippen molar-refractivity contribution in [1.82, 2.24) is 15.4 Å². The van der Waals surface area contributed by atoms with Crippen LogP contribution in [0.5, 0.6) is 0 Å². The molecule has 4 heteroatoms. The molecule has 1 rings (SSSR count). The fourth-order valence-electron chi connectivity index (χ4n) is 0.167. The van der Waals surface area contributed by atoms with Gasteiger partial charge in [0.1, 0.15) is 0 Å². The van der Waals surface area contributed by atoms with Crippen LogP contribution >= 0.6 is 0 Å². The summed E-state index contributed by atoms with van der Waals surface area (Å²) in [7, 11) is 0. The lowest BCUT2D eigenvalue weighted by Crippen LogP contribution is -3.00. The first-order valence-electron chi connectivity index (χ1n) is 1.30. The number of hydrogen-bond donors (Lipinski definition) is 1. The topological polar surface area (TPSA) is 41.6 Å². The Balaban J connectivity index is 0.000000250. The Morgan fingerprint density at radius 1 is 1.17 bits per heavy atom. The Bertz CT molecular complexity index is 65.3. The molecule has 1 N–H and O–H groups in total. The molecule has 0 spiro atoms. The highest BCUT2D eigenvalue weighted by atomic mass is 127. The molecule has 0 saturated carbocycles. The van der Waals surface area contributed by atoms with E-state index in [2.05, 4.69) is 15.4 Å². The van der Waals surface area contributed by atoms with Gasteiger partial charge in [0, 0.05) is 0 Å². The third-order valence-electron chi connectivity index (χ3n) is 0.331. The third-order valence-corrected chi connectivity index (χ3v) is 0.331. The van der Waals surface area contributed by atoms with Crippen LogP contribution in [0.3, 0.4) is 0 Å². The fourth-order valence-corrected chi connectivity index (χ4v) is 0.167. The highest BCUT2D eigenvalue weighted by Crippen LogP contribution is 1.55. The van der Waals surface area contributed by atoms with Crippen LogP contribution in [0.15, 0.2) is 12.4 Å². The molecule has 0 aliphatic heterocycles. The Labute approximate surface area is 52.2 Å². The van der Waals surface area contributed by atoms with Gasteiger partial charge in [0.15, 0.2) is 0 Å². The molecule has 0 aliphatic rings. The van der Waals surface area contributed by atoms with E-state index >= 15 is 0 Å². The van der Waals surface area contributed by atoms with Crippen molar-refractivity contribution in [2.24, 2.45) is 0 Å². The zero-order valence-corrected chi connectivity index (χ0v) is 5.08. The number of nitrogens with zero attached hydrogens (tertiary/aromatic N) is 2. The lowest BCUT2D eigenvalue weighted by molar-refractivity contribution is -0.00000119. The first kappa shape index (κ1) is 5.87. The number of rotatable bonds is 0. The van der Waals surface area contributed by atoms with Crippen LogP contribution in [-0.2, 0) is 0 Å². The van der Waals surface area contributed by atoms with E-state index in [9.17, 15) is 0 Å². The van der Waals surface area contributed by atoms with Crippen molar-refractivity contribution in [2.45, 2.75) is 0 Å². The van der Waals surface area contributed by atoms with E-state index in [4.69, 9.17) is 0 Å². The van der Waals surface area contributed by atoms with Crippen molar-refractivity contribution in [3.05, 3.63) is 12.4 Å². The molecule has 3 nitrogen and oxygen atoms in total. The van der Waals surface area contributed by atoms with E-state index in [-0.39, 0.29) is 24.0 Å². The maximum absolute atomic E-state index is 3.49. The maximum atomic E-state index is 3.49. The highest BCUT2D eigenvalue weighted by Gasteiger charge is 1.57. The molecule has 0 fully saturated rings. The normalized spacial score (nSPS) is 6.67. The third kappa shape index (κ3) is 1.34. The highest BCUT2D eigenvalue weighted by molar-refractivity contribution is 4.54. The molecule has 0 amide bonds. The molecule has 0 aliphatic carbocycles. The largest absolute Gasteiger partial charge is 1.00 e. The number of halogens is 1. The average molecular weight is 196 g/mol. The van der Waals surface area contributed by atoms with Crippen LogP contribution in [0.2, 0.25) is 0 Å². The van der Waals surface area contributed by atoms with Crippen molar-refractivity contribution < 1.29 is 24.0 Å². The van der Waals surface area contributed by atoms with Crippen LogP contribution in [0, 0.1) is 0 Å². The van der Waals surface area contributed by atoms with Crippen LogP contribution in [0.1, 0.15) is 0 Å². The van der Waals surface area contributed by atoms with Crippen molar-refractivity contribution in [1.29, 1.82) is 0 Å². The van der Waals surface area contributed by atoms with E-state index < -0.39 is 0 Å². The van der Waals surface area contributed by atoms with E-state index in [1.807, 2.05) is 0 Å². The average Bonchev–Trinajstić information content (AvgIpc) is 1.76. The van der Waals surface area contributed by atoms with Crippen LogP contribution in [-0.4, -0.2) is 15.4 Å². The summed E-state index contributed by atoms with van der Waals surface area (Å²) in [5, 5.41) is 9.33. The molecule has 1 aromatic heterocycles. The summed E-state index contributed by atoms with van der Waals surface area (Å²) in [4.78, 5) is 0. The summed E-state index contributed by atoms with van der Waals surface area (Å²) < 4.78 is 0. The molecule has 6 heavy (non-hydrogen) atoms.